The predicted octanol–water partition coefficient (Wildman–Crippen LogP) is 2.53. The third kappa shape index (κ3) is 2.65. The number of rotatable bonds is 2. The van der Waals surface area contributed by atoms with Crippen LogP contribution in [-0.2, 0) is 4.74 Å². The Bertz CT molecular complexity index is 445. The molecule has 4 nitrogen and oxygen atoms in total. The Morgan fingerprint density at radius 1 is 1.29 bits per heavy atom. The lowest BCUT2D eigenvalue weighted by Gasteiger charge is -2.30. The summed E-state index contributed by atoms with van der Waals surface area (Å²) in [5, 5.41) is 9.85. The fourth-order valence-corrected chi connectivity index (χ4v) is 2.45. The first kappa shape index (κ1) is 12.5. The molecule has 1 fully saturated rings. The van der Waals surface area contributed by atoms with E-state index < -0.39 is 5.97 Å². The van der Waals surface area contributed by atoms with Crippen LogP contribution in [0, 0.1) is 0 Å². The largest absolute Gasteiger partial charge is 0.478 e. The smallest absolute Gasteiger partial charge is 0.337 e. The van der Waals surface area contributed by atoms with Crippen molar-refractivity contribution >= 4 is 34.9 Å². The molecule has 0 aromatic heterocycles. The maximum atomic E-state index is 11.2. The number of halogens is 2. The minimum absolute atomic E-state index is 0.129. The van der Waals surface area contributed by atoms with Crippen molar-refractivity contribution in [2.75, 3.05) is 31.2 Å². The van der Waals surface area contributed by atoms with E-state index in [1.54, 1.807) is 6.07 Å². The quantitative estimate of drug-likeness (QED) is 0.901. The second kappa shape index (κ2) is 5.12. The lowest BCUT2D eigenvalue weighted by molar-refractivity contribution is 0.0696. The first-order valence-corrected chi connectivity index (χ1v) is 5.90. The fraction of sp³-hybridized carbons (Fsp3) is 0.364. The summed E-state index contributed by atoms with van der Waals surface area (Å²) in [6, 6.07) is 2.97. The van der Waals surface area contributed by atoms with E-state index >= 15 is 0 Å². The molecule has 1 N–H and O–H groups in total. The second-order valence-corrected chi connectivity index (χ2v) is 4.53. The highest BCUT2D eigenvalue weighted by Crippen LogP contribution is 2.33. The SMILES string of the molecule is O=C(O)c1cc(Cl)cc(Cl)c1N1CCOCC1. The molecule has 1 aromatic rings. The molecule has 0 saturated carbocycles. The Morgan fingerprint density at radius 2 is 1.94 bits per heavy atom. The maximum Gasteiger partial charge on any atom is 0.337 e. The molecule has 6 heteroatoms. The molecular formula is C11H11Cl2NO3. The second-order valence-electron chi connectivity index (χ2n) is 3.69. The third-order valence-electron chi connectivity index (χ3n) is 2.59. The Balaban J connectivity index is 2.46. The standard InChI is InChI=1S/C11H11Cl2NO3/c12-7-5-8(11(15)16)10(9(13)6-7)14-1-3-17-4-2-14/h5-6H,1-4H2,(H,15,16). The first-order chi connectivity index (χ1) is 8.09. The highest BCUT2D eigenvalue weighted by molar-refractivity contribution is 6.37. The molecule has 2 rings (SSSR count). The molecule has 0 aliphatic carbocycles. The van der Waals surface area contributed by atoms with Crippen LogP contribution in [0.2, 0.25) is 10.0 Å². The number of ether oxygens (including phenoxy) is 1. The molecular weight excluding hydrogens is 265 g/mol. The van der Waals surface area contributed by atoms with E-state index in [0.717, 1.165) is 0 Å². The molecule has 1 aliphatic heterocycles. The molecule has 1 aliphatic rings. The van der Waals surface area contributed by atoms with Gasteiger partial charge in [0, 0.05) is 18.1 Å². The van der Waals surface area contributed by atoms with Crippen LogP contribution in [0.5, 0.6) is 0 Å². The van der Waals surface area contributed by atoms with Crippen LogP contribution in [0.1, 0.15) is 10.4 Å². The summed E-state index contributed by atoms with van der Waals surface area (Å²) in [5.41, 5.74) is 0.649. The minimum atomic E-state index is -1.03. The molecule has 1 heterocycles. The van der Waals surface area contributed by atoms with Crippen molar-refractivity contribution in [3.63, 3.8) is 0 Å². The van der Waals surface area contributed by atoms with Crippen molar-refractivity contribution in [3.05, 3.63) is 27.7 Å². The summed E-state index contributed by atoms with van der Waals surface area (Å²) in [7, 11) is 0. The monoisotopic (exact) mass is 275 g/mol. The van der Waals surface area contributed by atoms with E-state index in [1.165, 1.54) is 6.07 Å². The maximum absolute atomic E-state index is 11.2. The Hall–Kier alpha value is -0.970. The number of carboxylic acids is 1. The van der Waals surface area contributed by atoms with Crippen molar-refractivity contribution in [1.82, 2.24) is 0 Å². The van der Waals surface area contributed by atoms with Gasteiger partial charge in [-0.25, -0.2) is 4.79 Å². The molecule has 0 unspecified atom stereocenters. The minimum Gasteiger partial charge on any atom is -0.478 e. The number of aromatic carboxylic acids is 1. The van der Waals surface area contributed by atoms with Crippen LogP contribution in [0.25, 0.3) is 0 Å². The van der Waals surface area contributed by atoms with Gasteiger partial charge in [0.15, 0.2) is 0 Å². The van der Waals surface area contributed by atoms with E-state index in [-0.39, 0.29) is 5.56 Å². The van der Waals surface area contributed by atoms with E-state index in [1.807, 2.05) is 4.90 Å². The van der Waals surface area contributed by atoms with Crippen LogP contribution in [-0.4, -0.2) is 37.4 Å². The van der Waals surface area contributed by atoms with Crippen LogP contribution >= 0.6 is 23.2 Å². The van der Waals surface area contributed by atoms with Crippen LogP contribution in [0.15, 0.2) is 12.1 Å². The molecule has 0 spiro atoms. The van der Waals surface area contributed by atoms with Crippen molar-refractivity contribution in [3.8, 4) is 0 Å². The summed E-state index contributed by atoms with van der Waals surface area (Å²) >= 11 is 11.9. The van der Waals surface area contributed by atoms with Crippen molar-refractivity contribution in [1.29, 1.82) is 0 Å². The number of carbonyl (C=O) groups is 1. The van der Waals surface area contributed by atoms with Gasteiger partial charge < -0.3 is 14.7 Å². The zero-order valence-corrected chi connectivity index (χ0v) is 10.5. The molecule has 0 amide bonds. The predicted molar refractivity (Wildman–Crippen MR) is 66.5 cm³/mol. The summed E-state index contributed by atoms with van der Waals surface area (Å²) < 4.78 is 5.23. The van der Waals surface area contributed by atoms with Gasteiger partial charge in [-0.3, -0.25) is 0 Å². The van der Waals surface area contributed by atoms with Gasteiger partial charge in [0.05, 0.1) is 29.5 Å². The number of hydrogen-bond donors (Lipinski definition) is 1. The van der Waals surface area contributed by atoms with Gasteiger partial charge in [-0.2, -0.15) is 0 Å². The van der Waals surface area contributed by atoms with Crippen molar-refractivity contribution in [2.24, 2.45) is 0 Å². The number of carboxylic acid groups (broad SMARTS) is 1. The molecule has 1 saturated heterocycles. The topological polar surface area (TPSA) is 49.8 Å². The molecule has 0 radical (unpaired) electrons. The lowest BCUT2D eigenvalue weighted by atomic mass is 10.1. The van der Waals surface area contributed by atoms with Crippen molar-refractivity contribution < 1.29 is 14.6 Å². The Labute approximate surface area is 109 Å². The van der Waals surface area contributed by atoms with Gasteiger partial charge in [-0.15, -0.1) is 0 Å². The summed E-state index contributed by atoms with van der Waals surface area (Å²) in [6.45, 7) is 2.39. The highest BCUT2D eigenvalue weighted by Gasteiger charge is 2.22. The van der Waals surface area contributed by atoms with Gasteiger partial charge in [0.25, 0.3) is 0 Å². The Morgan fingerprint density at radius 3 is 2.53 bits per heavy atom. The lowest BCUT2D eigenvalue weighted by Crippen LogP contribution is -2.37. The van der Waals surface area contributed by atoms with Crippen molar-refractivity contribution in [2.45, 2.75) is 0 Å². The van der Waals surface area contributed by atoms with Gasteiger partial charge in [0.1, 0.15) is 0 Å². The molecule has 0 bridgehead atoms. The Kier molecular flexibility index (Phi) is 3.76. The fourth-order valence-electron chi connectivity index (χ4n) is 1.84. The van der Waals surface area contributed by atoms with Crippen LogP contribution < -0.4 is 4.90 Å². The normalized spacial score (nSPS) is 16.0. The zero-order valence-electron chi connectivity index (χ0n) is 8.95. The number of nitrogens with zero attached hydrogens (tertiary/aromatic N) is 1. The van der Waals surface area contributed by atoms with E-state index in [0.29, 0.717) is 42.0 Å². The number of benzene rings is 1. The van der Waals surface area contributed by atoms with Gasteiger partial charge in [-0.05, 0) is 12.1 Å². The van der Waals surface area contributed by atoms with E-state index in [2.05, 4.69) is 0 Å². The first-order valence-electron chi connectivity index (χ1n) is 5.14. The summed E-state index contributed by atoms with van der Waals surface area (Å²) in [6.07, 6.45) is 0. The molecule has 1 aromatic carbocycles. The molecule has 0 atom stereocenters. The van der Waals surface area contributed by atoms with Gasteiger partial charge >= 0.3 is 5.97 Å². The number of morpholine rings is 1. The molecule has 92 valence electrons. The van der Waals surface area contributed by atoms with E-state index in [4.69, 9.17) is 33.0 Å². The average molecular weight is 276 g/mol. The summed E-state index contributed by atoms with van der Waals surface area (Å²) in [4.78, 5) is 13.1. The van der Waals surface area contributed by atoms with Gasteiger partial charge in [0.2, 0.25) is 0 Å². The van der Waals surface area contributed by atoms with Gasteiger partial charge in [-0.1, -0.05) is 23.2 Å². The highest BCUT2D eigenvalue weighted by atomic mass is 35.5. The number of anilines is 1. The molecule has 17 heavy (non-hydrogen) atoms. The van der Waals surface area contributed by atoms with E-state index in [9.17, 15) is 4.79 Å². The van der Waals surface area contributed by atoms with Crippen LogP contribution in [0.3, 0.4) is 0 Å². The average Bonchev–Trinajstić information content (AvgIpc) is 2.29. The third-order valence-corrected chi connectivity index (χ3v) is 3.09. The number of hydrogen-bond acceptors (Lipinski definition) is 3. The summed E-state index contributed by atoms with van der Waals surface area (Å²) in [5.74, 6) is -1.03. The van der Waals surface area contributed by atoms with Crippen LogP contribution in [0.4, 0.5) is 5.69 Å². The zero-order chi connectivity index (χ0) is 12.4.